The van der Waals surface area contributed by atoms with Gasteiger partial charge in [-0.2, -0.15) is 0 Å². The Balaban J connectivity index is 2.76. The van der Waals surface area contributed by atoms with E-state index in [0.29, 0.717) is 0 Å². The second kappa shape index (κ2) is 5.51. The van der Waals surface area contributed by atoms with Crippen molar-refractivity contribution in [1.29, 1.82) is 0 Å². The molecule has 0 aromatic heterocycles. The SMILES string of the molecule is CCc1ccccc1NC(=O)[C@H](C)NC. The largest absolute Gasteiger partial charge is 0.324 e. The van der Waals surface area contributed by atoms with Crippen LogP contribution < -0.4 is 10.6 Å². The van der Waals surface area contributed by atoms with Gasteiger partial charge in [-0.05, 0) is 32.0 Å². The van der Waals surface area contributed by atoms with Gasteiger partial charge in [-0.25, -0.2) is 0 Å². The zero-order valence-electron chi connectivity index (χ0n) is 9.50. The highest BCUT2D eigenvalue weighted by Gasteiger charge is 2.11. The van der Waals surface area contributed by atoms with Gasteiger partial charge in [0.25, 0.3) is 0 Å². The minimum absolute atomic E-state index is 0.00148. The topological polar surface area (TPSA) is 41.1 Å². The third-order valence-electron chi connectivity index (χ3n) is 2.48. The van der Waals surface area contributed by atoms with Gasteiger partial charge in [-0.15, -0.1) is 0 Å². The maximum Gasteiger partial charge on any atom is 0.241 e. The smallest absolute Gasteiger partial charge is 0.241 e. The molecule has 3 nitrogen and oxygen atoms in total. The summed E-state index contributed by atoms with van der Waals surface area (Å²) in [6.45, 7) is 3.91. The highest BCUT2D eigenvalue weighted by molar-refractivity contribution is 5.95. The molecule has 0 bridgehead atoms. The third kappa shape index (κ3) is 3.06. The Morgan fingerprint density at radius 3 is 2.67 bits per heavy atom. The van der Waals surface area contributed by atoms with Crippen LogP contribution in [0.1, 0.15) is 19.4 Å². The summed E-state index contributed by atoms with van der Waals surface area (Å²) >= 11 is 0. The van der Waals surface area contributed by atoms with Crippen LogP contribution in [-0.2, 0) is 11.2 Å². The molecular formula is C12H18N2O. The molecule has 1 rings (SSSR count). The first-order valence-electron chi connectivity index (χ1n) is 5.25. The van der Waals surface area contributed by atoms with Crippen molar-refractivity contribution < 1.29 is 4.79 Å². The molecule has 1 amide bonds. The number of nitrogens with one attached hydrogen (secondary N) is 2. The van der Waals surface area contributed by atoms with Crippen LogP contribution in [0.5, 0.6) is 0 Å². The van der Waals surface area contributed by atoms with Crippen molar-refractivity contribution in [2.45, 2.75) is 26.3 Å². The lowest BCUT2D eigenvalue weighted by molar-refractivity contribution is -0.117. The molecule has 1 aromatic carbocycles. The van der Waals surface area contributed by atoms with Crippen LogP contribution in [0.15, 0.2) is 24.3 Å². The summed E-state index contributed by atoms with van der Waals surface area (Å²) in [6, 6.07) is 7.70. The second-order valence-corrected chi connectivity index (χ2v) is 3.51. The van der Waals surface area contributed by atoms with Gasteiger partial charge < -0.3 is 10.6 Å². The van der Waals surface area contributed by atoms with E-state index in [1.807, 2.05) is 31.2 Å². The Hall–Kier alpha value is -1.35. The van der Waals surface area contributed by atoms with E-state index in [0.717, 1.165) is 17.7 Å². The number of hydrogen-bond acceptors (Lipinski definition) is 2. The molecule has 0 saturated heterocycles. The van der Waals surface area contributed by atoms with Crippen LogP contribution in [0.3, 0.4) is 0 Å². The van der Waals surface area contributed by atoms with Crippen molar-refractivity contribution in [3.8, 4) is 0 Å². The minimum atomic E-state index is -0.171. The number of carbonyl (C=O) groups is 1. The predicted molar refractivity (Wildman–Crippen MR) is 63.0 cm³/mol. The van der Waals surface area contributed by atoms with Gasteiger partial charge in [0, 0.05) is 5.69 Å². The molecule has 0 unspecified atom stereocenters. The Morgan fingerprint density at radius 1 is 1.40 bits per heavy atom. The first kappa shape index (κ1) is 11.7. The maximum absolute atomic E-state index is 11.6. The highest BCUT2D eigenvalue weighted by atomic mass is 16.2. The number of rotatable bonds is 4. The van der Waals surface area contributed by atoms with E-state index in [4.69, 9.17) is 0 Å². The number of likely N-dealkylation sites (N-methyl/N-ethyl adjacent to an activating group) is 1. The van der Waals surface area contributed by atoms with E-state index in [1.165, 1.54) is 0 Å². The van der Waals surface area contributed by atoms with Crippen LogP contribution in [0.25, 0.3) is 0 Å². The summed E-state index contributed by atoms with van der Waals surface area (Å²) in [5.41, 5.74) is 2.07. The van der Waals surface area contributed by atoms with Gasteiger partial charge in [0.15, 0.2) is 0 Å². The normalized spacial score (nSPS) is 12.2. The lowest BCUT2D eigenvalue weighted by atomic mass is 10.1. The third-order valence-corrected chi connectivity index (χ3v) is 2.48. The number of carbonyl (C=O) groups excluding carboxylic acids is 1. The quantitative estimate of drug-likeness (QED) is 0.788. The maximum atomic E-state index is 11.6. The lowest BCUT2D eigenvalue weighted by Gasteiger charge is -2.13. The Kier molecular flexibility index (Phi) is 4.31. The minimum Gasteiger partial charge on any atom is -0.324 e. The first-order chi connectivity index (χ1) is 7.19. The highest BCUT2D eigenvalue weighted by Crippen LogP contribution is 2.15. The van der Waals surface area contributed by atoms with Crippen molar-refractivity contribution >= 4 is 11.6 Å². The molecule has 0 heterocycles. The molecule has 0 fully saturated rings. The van der Waals surface area contributed by atoms with Crippen LogP contribution in [0.4, 0.5) is 5.69 Å². The van der Waals surface area contributed by atoms with Gasteiger partial charge in [0.2, 0.25) is 5.91 Å². The first-order valence-corrected chi connectivity index (χ1v) is 5.25. The zero-order valence-corrected chi connectivity index (χ0v) is 9.50. The number of hydrogen-bond donors (Lipinski definition) is 2. The van der Waals surface area contributed by atoms with Gasteiger partial charge in [-0.3, -0.25) is 4.79 Å². The van der Waals surface area contributed by atoms with Crippen LogP contribution in [0, 0.1) is 0 Å². The second-order valence-electron chi connectivity index (χ2n) is 3.51. The summed E-state index contributed by atoms with van der Waals surface area (Å²) < 4.78 is 0. The average molecular weight is 206 g/mol. The van der Waals surface area contributed by atoms with Crippen LogP contribution in [-0.4, -0.2) is 19.0 Å². The molecule has 0 aliphatic carbocycles. The van der Waals surface area contributed by atoms with Gasteiger partial charge in [0.05, 0.1) is 6.04 Å². The van der Waals surface area contributed by atoms with Crippen molar-refractivity contribution in [3.05, 3.63) is 29.8 Å². The molecule has 1 atom stereocenters. The molecule has 2 N–H and O–H groups in total. The summed E-state index contributed by atoms with van der Waals surface area (Å²) in [5.74, 6) is -0.00148. The van der Waals surface area contributed by atoms with E-state index >= 15 is 0 Å². The molecule has 0 radical (unpaired) electrons. The fourth-order valence-electron chi connectivity index (χ4n) is 1.32. The fourth-order valence-corrected chi connectivity index (χ4v) is 1.32. The Labute approximate surface area is 90.9 Å². The molecule has 0 aliphatic heterocycles. The monoisotopic (exact) mass is 206 g/mol. The van der Waals surface area contributed by atoms with Gasteiger partial charge in [0.1, 0.15) is 0 Å². The summed E-state index contributed by atoms with van der Waals surface area (Å²) in [6.07, 6.45) is 0.921. The van der Waals surface area contributed by atoms with Crippen LogP contribution in [0.2, 0.25) is 0 Å². The molecule has 3 heteroatoms. The summed E-state index contributed by atoms with van der Waals surface area (Å²) in [7, 11) is 1.77. The number of para-hydroxylation sites is 1. The molecule has 0 saturated carbocycles. The summed E-state index contributed by atoms with van der Waals surface area (Å²) in [5, 5.41) is 5.82. The molecule has 1 aromatic rings. The molecular weight excluding hydrogens is 188 g/mol. The Bertz CT molecular complexity index is 336. The molecule has 0 spiro atoms. The Morgan fingerprint density at radius 2 is 2.07 bits per heavy atom. The lowest BCUT2D eigenvalue weighted by Crippen LogP contribution is -2.35. The van der Waals surface area contributed by atoms with E-state index in [9.17, 15) is 4.79 Å². The van der Waals surface area contributed by atoms with Gasteiger partial charge in [-0.1, -0.05) is 25.1 Å². The van der Waals surface area contributed by atoms with E-state index in [-0.39, 0.29) is 11.9 Å². The van der Waals surface area contributed by atoms with E-state index in [1.54, 1.807) is 7.05 Å². The van der Waals surface area contributed by atoms with Crippen molar-refractivity contribution in [3.63, 3.8) is 0 Å². The number of benzene rings is 1. The fraction of sp³-hybridized carbons (Fsp3) is 0.417. The zero-order chi connectivity index (χ0) is 11.3. The molecule has 0 aliphatic rings. The number of aryl methyl sites for hydroxylation is 1. The number of anilines is 1. The van der Waals surface area contributed by atoms with Crippen molar-refractivity contribution in [1.82, 2.24) is 5.32 Å². The van der Waals surface area contributed by atoms with Crippen molar-refractivity contribution in [2.75, 3.05) is 12.4 Å². The standard InChI is InChI=1S/C12H18N2O/c1-4-10-7-5-6-8-11(10)14-12(15)9(2)13-3/h5-9,13H,4H2,1-3H3,(H,14,15)/t9-/m0/s1. The number of amides is 1. The molecule has 15 heavy (non-hydrogen) atoms. The van der Waals surface area contributed by atoms with Crippen molar-refractivity contribution in [2.24, 2.45) is 0 Å². The van der Waals surface area contributed by atoms with E-state index < -0.39 is 0 Å². The predicted octanol–water partition coefficient (Wildman–Crippen LogP) is 1.80. The summed E-state index contributed by atoms with van der Waals surface area (Å²) in [4.78, 5) is 11.6. The van der Waals surface area contributed by atoms with E-state index in [2.05, 4.69) is 17.6 Å². The average Bonchev–Trinajstić information content (AvgIpc) is 2.28. The molecule has 82 valence electrons. The van der Waals surface area contributed by atoms with Crippen LogP contribution >= 0.6 is 0 Å². The van der Waals surface area contributed by atoms with Gasteiger partial charge >= 0.3 is 0 Å².